The molecule has 1 aromatic heterocycles. The van der Waals surface area contributed by atoms with Gasteiger partial charge in [0.15, 0.2) is 0 Å². The number of pyridine rings is 1. The zero-order valence-electron chi connectivity index (χ0n) is 10.4. The first-order valence-corrected chi connectivity index (χ1v) is 6.49. The van der Waals surface area contributed by atoms with Crippen LogP contribution in [0.25, 0.3) is 0 Å². The smallest absolute Gasteiger partial charge is 0.0726 e. The van der Waals surface area contributed by atoms with Gasteiger partial charge in [-0.05, 0) is 43.0 Å². The Bertz CT molecular complexity index is 515. The highest BCUT2D eigenvalue weighted by atomic mass is 35.5. The minimum atomic E-state index is -0.165. The van der Waals surface area contributed by atoms with Crippen LogP contribution >= 0.6 is 11.6 Å². The molecule has 1 unspecified atom stereocenters. The molecule has 18 heavy (non-hydrogen) atoms. The van der Waals surface area contributed by atoms with Crippen molar-refractivity contribution >= 4 is 11.6 Å². The third kappa shape index (κ3) is 2.89. The van der Waals surface area contributed by atoms with Gasteiger partial charge in [-0.2, -0.15) is 0 Å². The van der Waals surface area contributed by atoms with Crippen molar-refractivity contribution in [1.82, 2.24) is 4.98 Å². The fourth-order valence-electron chi connectivity index (χ4n) is 2.07. The van der Waals surface area contributed by atoms with Crippen LogP contribution in [-0.4, -0.2) is 4.98 Å². The quantitative estimate of drug-likeness (QED) is 0.825. The van der Waals surface area contributed by atoms with Crippen LogP contribution in [0.5, 0.6) is 0 Å². The molecular weight excluding hydrogens is 244 g/mol. The Hall–Kier alpha value is -1.38. The lowest BCUT2D eigenvalue weighted by Gasteiger charge is -2.13. The van der Waals surface area contributed by atoms with E-state index >= 15 is 0 Å². The topological polar surface area (TPSA) is 38.9 Å². The second-order valence-corrected chi connectivity index (χ2v) is 4.71. The molecule has 1 aromatic rings. The van der Waals surface area contributed by atoms with Crippen LogP contribution < -0.4 is 5.73 Å². The predicted molar refractivity (Wildman–Crippen MR) is 76.3 cm³/mol. The average molecular weight is 261 g/mol. The molecule has 1 aliphatic carbocycles. The van der Waals surface area contributed by atoms with Crippen LogP contribution in [0.3, 0.4) is 0 Å². The highest BCUT2D eigenvalue weighted by molar-refractivity contribution is 6.31. The average Bonchev–Trinajstić information content (AvgIpc) is 2.56. The first kappa shape index (κ1) is 13.1. The van der Waals surface area contributed by atoms with Crippen molar-refractivity contribution in [1.29, 1.82) is 0 Å². The fourth-order valence-corrected chi connectivity index (χ4v) is 2.13. The first-order chi connectivity index (χ1) is 8.72. The summed E-state index contributed by atoms with van der Waals surface area (Å²) in [7, 11) is 0. The zero-order chi connectivity index (χ0) is 13.0. The number of aromatic nitrogens is 1. The lowest BCUT2D eigenvalue weighted by molar-refractivity contribution is 0.818. The number of hydrogen-bond donors (Lipinski definition) is 1. The van der Waals surface area contributed by atoms with Crippen molar-refractivity contribution in [2.75, 3.05) is 0 Å². The van der Waals surface area contributed by atoms with E-state index in [-0.39, 0.29) is 6.04 Å². The Morgan fingerprint density at radius 1 is 1.56 bits per heavy atom. The summed E-state index contributed by atoms with van der Waals surface area (Å²) in [6.07, 6.45) is 11.7. The van der Waals surface area contributed by atoms with Gasteiger partial charge in [0.1, 0.15) is 0 Å². The van der Waals surface area contributed by atoms with Crippen molar-refractivity contribution in [3.05, 3.63) is 64.5 Å². The van der Waals surface area contributed by atoms with E-state index in [1.54, 1.807) is 6.20 Å². The van der Waals surface area contributed by atoms with E-state index in [0.717, 1.165) is 24.1 Å². The SMILES string of the molecule is C/C=C(Cl)\C=C/C1=CCCc2cccnc2C1N. The van der Waals surface area contributed by atoms with Crippen molar-refractivity contribution in [2.45, 2.75) is 25.8 Å². The molecule has 0 radical (unpaired) electrons. The Kier molecular flexibility index (Phi) is 4.34. The summed E-state index contributed by atoms with van der Waals surface area (Å²) in [6, 6.07) is 3.89. The molecule has 94 valence electrons. The standard InChI is InChI=1S/C15H17ClN2/c1-2-13(16)9-8-11-5-3-6-12-7-4-10-18-15(12)14(11)17/h2,4-5,7-10,14H,3,6,17H2,1H3/b9-8-,13-2+. The monoisotopic (exact) mass is 260 g/mol. The number of hydrogen-bond acceptors (Lipinski definition) is 2. The molecule has 3 heteroatoms. The second-order valence-electron chi connectivity index (χ2n) is 4.28. The number of fused-ring (bicyclic) bond motifs is 1. The minimum Gasteiger partial charge on any atom is -0.319 e. The number of nitrogens with zero attached hydrogens (tertiary/aromatic N) is 1. The Labute approximate surface area is 113 Å². The Balaban J connectivity index is 2.29. The van der Waals surface area contributed by atoms with Gasteiger partial charge in [0.2, 0.25) is 0 Å². The number of aryl methyl sites for hydroxylation is 1. The highest BCUT2D eigenvalue weighted by Crippen LogP contribution is 2.27. The predicted octanol–water partition coefficient (Wildman–Crippen LogP) is 3.65. The van der Waals surface area contributed by atoms with Crippen LogP contribution in [0.1, 0.15) is 30.6 Å². The molecule has 2 N–H and O–H groups in total. The Morgan fingerprint density at radius 3 is 3.17 bits per heavy atom. The van der Waals surface area contributed by atoms with Gasteiger partial charge < -0.3 is 5.73 Å². The first-order valence-electron chi connectivity index (χ1n) is 6.11. The highest BCUT2D eigenvalue weighted by Gasteiger charge is 2.17. The van der Waals surface area contributed by atoms with Crippen molar-refractivity contribution < 1.29 is 0 Å². The molecule has 0 saturated heterocycles. The summed E-state index contributed by atoms with van der Waals surface area (Å²) in [4.78, 5) is 4.41. The van der Waals surface area contributed by atoms with E-state index in [1.165, 1.54) is 5.56 Å². The third-order valence-corrected chi connectivity index (χ3v) is 3.43. The summed E-state index contributed by atoms with van der Waals surface area (Å²) in [5.74, 6) is 0. The molecule has 0 aliphatic heterocycles. The van der Waals surface area contributed by atoms with Crippen LogP contribution in [0, 0.1) is 0 Å². The zero-order valence-corrected chi connectivity index (χ0v) is 11.2. The largest absolute Gasteiger partial charge is 0.319 e. The molecule has 2 nitrogen and oxygen atoms in total. The fraction of sp³-hybridized carbons (Fsp3) is 0.267. The molecule has 0 bridgehead atoms. The van der Waals surface area contributed by atoms with E-state index in [1.807, 2.05) is 31.2 Å². The molecule has 0 saturated carbocycles. The summed E-state index contributed by atoms with van der Waals surface area (Å²) < 4.78 is 0. The number of nitrogens with two attached hydrogens (primary N) is 1. The normalized spacial score (nSPS) is 20.5. The maximum atomic E-state index is 6.27. The van der Waals surface area contributed by atoms with Crippen molar-refractivity contribution in [3.8, 4) is 0 Å². The maximum Gasteiger partial charge on any atom is 0.0726 e. The van der Waals surface area contributed by atoms with E-state index in [9.17, 15) is 0 Å². The lowest BCUT2D eigenvalue weighted by Crippen LogP contribution is -2.14. The summed E-state index contributed by atoms with van der Waals surface area (Å²) in [6.45, 7) is 1.91. The van der Waals surface area contributed by atoms with Crippen molar-refractivity contribution in [2.24, 2.45) is 5.73 Å². The van der Waals surface area contributed by atoms with E-state index < -0.39 is 0 Å². The molecule has 1 atom stereocenters. The van der Waals surface area contributed by atoms with Gasteiger partial charge in [0.25, 0.3) is 0 Å². The van der Waals surface area contributed by atoms with Gasteiger partial charge in [-0.15, -0.1) is 0 Å². The Morgan fingerprint density at radius 2 is 2.39 bits per heavy atom. The molecular formula is C15H17ClN2. The molecule has 0 amide bonds. The third-order valence-electron chi connectivity index (χ3n) is 3.08. The molecule has 1 heterocycles. The van der Waals surface area contributed by atoms with Gasteiger partial charge in [-0.25, -0.2) is 0 Å². The van der Waals surface area contributed by atoms with Gasteiger partial charge in [0, 0.05) is 11.2 Å². The van der Waals surface area contributed by atoms with Crippen LogP contribution in [-0.2, 0) is 6.42 Å². The molecule has 2 rings (SSSR count). The minimum absolute atomic E-state index is 0.165. The molecule has 0 fully saturated rings. The van der Waals surface area contributed by atoms with Gasteiger partial charge in [-0.3, -0.25) is 4.98 Å². The molecule has 0 spiro atoms. The van der Waals surface area contributed by atoms with Crippen LogP contribution in [0.15, 0.2) is 53.2 Å². The number of halogens is 1. The summed E-state index contributed by atoms with van der Waals surface area (Å²) in [5.41, 5.74) is 9.56. The molecule has 1 aliphatic rings. The van der Waals surface area contributed by atoms with Gasteiger partial charge in [0.05, 0.1) is 11.7 Å². The lowest BCUT2D eigenvalue weighted by atomic mass is 10.0. The van der Waals surface area contributed by atoms with Gasteiger partial charge >= 0.3 is 0 Å². The van der Waals surface area contributed by atoms with Gasteiger partial charge in [-0.1, -0.05) is 35.9 Å². The van der Waals surface area contributed by atoms with Crippen LogP contribution in [0.2, 0.25) is 0 Å². The summed E-state index contributed by atoms with van der Waals surface area (Å²) >= 11 is 5.96. The maximum absolute atomic E-state index is 6.27. The van der Waals surface area contributed by atoms with E-state index in [0.29, 0.717) is 5.03 Å². The number of allylic oxidation sites excluding steroid dienone is 4. The second kappa shape index (κ2) is 5.98. The van der Waals surface area contributed by atoms with E-state index in [2.05, 4.69) is 17.1 Å². The van der Waals surface area contributed by atoms with E-state index in [4.69, 9.17) is 17.3 Å². The number of rotatable bonds is 2. The van der Waals surface area contributed by atoms with Crippen LogP contribution in [0.4, 0.5) is 0 Å². The summed E-state index contributed by atoms with van der Waals surface area (Å²) in [5, 5.41) is 0.716. The molecule has 0 aromatic carbocycles. The van der Waals surface area contributed by atoms with Crippen molar-refractivity contribution in [3.63, 3.8) is 0 Å².